The molecule has 0 radical (unpaired) electrons. The van der Waals surface area contributed by atoms with Crippen LogP contribution in [0.25, 0.3) is 0 Å². The summed E-state index contributed by atoms with van der Waals surface area (Å²) < 4.78 is 0. The van der Waals surface area contributed by atoms with Gasteiger partial charge < -0.3 is 0 Å². The van der Waals surface area contributed by atoms with Gasteiger partial charge in [0.1, 0.15) is 0 Å². The fourth-order valence-corrected chi connectivity index (χ4v) is 1.25. The summed E-state index contributed by atoms with van der Waals surface area (Å²) in [6.45, 7) is 1.85. The van der Waals surface area contributed by atoms with Crippen molar-refractivity contribution in [1.29, 1.82) is 0 Å². The molecule has 1 heteroatoms. The molecule has 0 nitrogen and oxygen atoms in total. The van der Waals surface area contributed by atoms with E-state index in [4.69, 9.17) is 11.6 Å². The molecule has 0 aliphatic rings. The Hall–Kier alpha value is -0.930. The van der Waals surface area contributed by atoms with E-state index < -0.39 is 0 Å². The van der Waals surface area contributed by atoms with Crippen molar-refractivity contribution in [2.75, 3.05) is 0 Å². The summed E-state index contributed by atoms with van der Waals surface area (Å²) in [7, 11) is 0. The Morgan fingerprint density at radius 1 is 1.33 bits per heavy atom. The van der Waals surface area contributed by atoms with Crippen molar-refractivity contribution in [3.05, 3.63) is 34.9 Å². The van der Waals surface area contributed by atoms with Crippen LogP contribution < -0.4 is 0 Å². The van der Waals surface area contributed by atoms with E-state index >= 15 is 0 Å². The predicted molar refractivity (Wildman–Crippen MR) is 53.2 cm³/mol. The van der Waals surface area contributed by atoms with Gasteiger partial charge in [-0.15, -0.1) is 11.8 Å². The lowest BCUT2D eigenvalue weighted by Gasteiger charge is -1.99. The molecule has 0 unspecified atom stereocenters. The lowest BCUT2D eigenvalue weighted by Crippen LogP contribution is -1.83. The average molecular weight is 179 g/mol. The topological polar surface area (TPSA) is 0 Å². The Balaban J connectivity index is 2.61. The van der Waals surface area contributed by atoms with Crippen molar-refractivity contribution >= 4 is 11.6 Å². The van der Waals surface area contributed by atoms with Crippen LogP contribution in [0.5, 0.6) is 0 Å². The summed E-state index contributed by atoms with van der Waals surface area (Å²) in [4.78, 5) is 0. The van der Waals surface area contributed by atoms with Crippen molar-refractivity contribution in [2.45, 2.75) is 19.8 Å². The Morgan fingerprint density at radius 2 is 2.08 bits per heavy atom. The Labute approximate surface area is 78.6 Å². The maximum atomic E-state index is 5.95. The fraction of sp³-hybridized carbons (Fsp3) is 0.273. The lowest BCUT2D eigenvalue weighted by atomic mass is 10.1. The van der Waals surface area contributed by atoms with Crippen molar-refractivity contribution in [3.63, 3.8) is 0 Å². The lowest BCUT2D eigenvalue weighted by molar-refractivity contribution is 1.03. The molecule has 0 atom stereocenters. The third-order valence-corrected chi connectivity index (χ3v) is 2.02. The number of rotatable bonds is 2. The van der Waals surface area contributed by atoms with Crippen molar-refractivity contribution < 1.29 is 0 Å². The highest BCUT2D eigenvalue weighted by atomic mass is 35.5. The second-order valence-electron chi connectivity index (χ2n) is 2.52. The van der Waals surface area contributed by atoms with Crippen LogP contribution in [0.2, 0.25) is 5.02 Å². The fourth-order valence-electron chi connectivity index (χ4n) is 1.02. The van der Waals surface area contributed by atoms with Gasteiger partial charge in [-0.25, -0.2) is 0 Å². The third-order valence-electron chi connectivity index (χ3n) is 1.65. The maximum Gasteiger partial charge on any atom is 0.0438 e. The summed E-state index contributed by atoms with van der Waals surface area (Å²) in [5.74, 6) is 5.88. The molecule has 1 aromatic rings. The maximum absolute atomic E-state index is 5.95. The molecule has 0 heterocycles. The van der Waals surface area contributed by atoms with Crippen LogP contribution in [-0.2, 0) is 6.42 Å². The SMILES string of the molecule is CC#CCCc1ccccc1Cl. The zero-order chi connectivity index (χ0) is 8.81. The molecule has 0 bridgehead atoms. The smallest absolute Gasteiger partial charge is 0.0438 e. The molecule has 62 valence electrons. The van der Waals surface area contributed by atoms with Gasteiger partial charge in [-0.2, -0.15) is 0 Å². The molecule has 0 saturated heterocycles. The van der Waals surface area contributed by atoms with E-state index in [1.807, 2.05) is 31.2 Å². The van der Waals surface area contributed by atoms with Gasteiger partial charge in [0.2, 0.25) is 0 Å². The molecule has 1 rings (SSSR count). The molecular formula is C11H11Cl. The highest BCUT2D eigenvalue weighted by Gasteiger charge is 1.95. The summed E-state index contributed by atoms with van der Waals surface area (Å²) in [5.41, 5.74) is 1.18. The minimum Gasteiger partial charge on any atom is -0.107 e. The van der Waals surface area contributed by atoms with Gasteiger partial charge in [-0.1, -0.05) is 29.8 Å². The molecule has 0 spiro atoms. The molecule has 0 aromatic heterocycles. The van der Waals surface area contributed by atoms with E-state index in [9.17, 15) is 0 Å². The minimum atomic E-state index is 0.843. The average Bonchev–Trinajstić information content (AvgIpc) is 2.09. The Bertz CT molecular complexity index is 304. The first-order chi connectivity index (χ1) is 5.84. The number of hydrogen-bond acceptors (Lipinski definition) is 0. The van der Waals surface area contributed by atoms with E-state index in [0.717, 1.165) is 17.9 Å². The molecule has 0 aliphatic carbocycles. The molecule has 0 N–H and O–H groups in total. The van der Waals surface area contributed by atoms with Crippen LogP contribution in [0.1, 0.15) is 18.9 Å². The molecule has 12 heavy (non-hydrogen) atoms. The number of benzene rings is 1. The molecule has 0 fully saturated rings. The van der Waals surface area contributed by atoms with Gasteiger partial charge in [0, 0.05) is 11.4 Å². The molecular weight excluding hydrogens is 168 g/mol. The van der Waals surface area contributed by atoms with Crippen LogP contribution in [-0.4, -0.2) is 0 Å². The van der Waals surface area contributed by atoms with Gasteiger partial charge in [0.25, 0.3) is 0 Å². The van der Waals surface area contributed by atoms with Crippen LogP contribution >= 0.6 is 11.6 Å². The largest absolute Gasteiger partial charge is 0.107 e. The summed E-state index contributed by atoms with van der Waals surface area (Å²) in [6.07, 6.45) is 1.83. The van der Waals surface area contributed by atoms with Crippen LogP contribution in [0.4, 0.5) is 0 Å². The Kier molecular flexibility index (Phi) is 3.70. The normalized spacial score (nSPS) is 8.83. The van der Waals surface area contributed by atoms with E-state index in [0.29, 0.717) is 0 Å². The first-order valence-electron chi connectivity index (χ1n) is 3.97. The van der Waals surface area contributed by atoms with Crippen molar-refractivity contribution in [1.82, 2.24) is 0 Å². The van der Waals surface area contributed by atoms with Gasteiger partial charge >= 0.3 is 0 Å². The standard InChI is InChI=1S/C11H11Cl/c1-2-3-4-7-10-8-5-6-9-11(10)12/h5-6,8-9H,4,7H2,1H3. The van der Waals surface area contributed by atoms with Gasteiger partial charge in [-0.05, 0) is 25.0 Å². The molecule has 0 aliphatic heterocycles. The van der Waals surface area contributed by atoms with Gasteiger partial charge in [0.05, 0.1) is 0 Å². The minimum absolute atomic E-state index is 0.843. The number of aryl methyl sites for hydroxylation is 1. The zero-order valence-corrected chi connectivity index (χ0v) is 7.86. The molecule has 1 aromatic carbocycles. The predicted octanol–water partition coefficient (Wildman–Crippen LogP) is 3.30. The van der Waals surface area contributed by atoms with E-state index in [-0.39, 0.29) is 0 Å². The second kappa shape index (κ2) is 4.85. The van der Waals surface area contributed by atoms with Crippen LogP contribution in [0, 0.1) is 11.8 Å². The number of halogens is 1. The first-order valence-corrected chi connectivity index (χ1v) is 4.35. The highest BCUT2D eigenvalue weighted by molar-refractivity contribution is 6.31. The monoisotopic (exact) mass is 178 g/mol. The van der Waals surface area contributed by atoms with Crippen molar-refractivity contribution in [2.24, 2.45) is 0 Å². The van der Waals surface area contributed by atoms with Crippen molar-refractivity contribution in [3.8, 4) is 11.8 Å². The Morgan fingerprint density at radius 3 is 2.75 bits per heavy atom. The summed E-state index contributed by atoms with van der Waals surface area (Å²) in [5, 5.41) is 0.843. The highest BCUT2D eigenvalue weighted by Crippen LogP contribution is 2.15. The molecule has 0 amide bonds. The zero-order valence-electron chi connectivity index (χ0n) is 7.10. The quantitative estimate of drug-likeness (QED) is 0.610. The number of hydrogen-bond donors (Lipinski definition) is 0. The van der Waals surface area contributed by atoms with E-state index in [1.54, 1.807) is 0 Å². The summed E-state index contributed by atoms with van der Waals surface area (Å²) in [6, 6.07) is 7.90. The van der Waals surface area contributed by atoms with E-state index in [2.05, 4.69) is 11.8 Å². The molecule has 0 saturated carbocycles. The van der Waals surface area contributed by atoms with Gasteiger partial charge in [-0.3, -0.25) is 0 Å². The van der Waals surface area contributed by atoms with Crippen LogP contribution in [0.15, 0.2) is 24.3 Å². The van der Waals surface area contributed by atoms with Gasteiger partial charge in [0.15, 0.2) is 0 Å². The summed E-state index contributed by atoms with van der Waals surface area (Å²) >= 11 is 5.95. The van der Waals surface area contributed by atoms with Crippen LogP contribution in [0.3, 0.4) is 0 Å². The second-order valence-corrected chi connectivity index (χ2v) is 2.93. The first kappa shape index (κ1) is 9.16. The van der Waals surface area contributed by atoms with E-state index in [1.165, 1.54) is 5.56 Å². The third kappa shape index (κ3) is 2.60.